The van der Waals surface area contributed by atoms with Crippen molar-refractivity contribution in [3.8, 4) is 0 Å². The Labute approximate surface area is 130 Å². The molecule has 0 bridgehead atoms. The van der Waals surface area contributed by atoms with E-state index in [4.69, 9.17) is 15.8 Å². The van der Waals surface area contributed by atoms with Crippen molar-refractivity contribution in [2.45, 2.75) is 12.3 Å². The molecule has 0 saturated heterocycles. The summed E-state index contributed by atoms with van der Waals surface area (Å²) in [6, 6.07) is 17.3. The van der Waals surface area contributed by atoms with E-state index in [1.54, 1.807) is 0 Å². The summed E-state index contributed by atoms with van der Waals surface area (Å²) in [6.45, 7) is 0.105. The summed E-state index contributed by atoms with van der Waals surface area (Å²) in [5.41, 5.74) is 2.01. The summed E-state index contributed by atoms with van der Waals surface area (Å²) < 4.78 is 27.5. The fourth-order valence-corrected chi connectivity index (χ4v) is 2.76. The number of benzene rings is 2. The minimum atomic E-state index is -3.46. The molecule has 1 unspecified atom stereocenters. The molecule has 112 valence electrons. The average molecular weight is 325 g/mol. The van der Waals surface area contributed by atoms with Gasteiger partial charge < -0.3 is 0 Å². The van der Waals surface area contributed by atoms with Crippen molar-refractivity contribution in [1.82, 2.24) is 0 Å². The van der Waals surface area contributed by atoms with Crippen molar-refractivity contribution in [3.63, 3.8) is 0 Å². The van der Waals surface area contributed by atoms with Crippen LogP contribution in [0.25, 0.3) is 0 Å². The van der Waals surface area contributed by atoms with Gasteiger partial charge in [0, 0.05) is 10.9 Å². The lowest BCUT2D eigenvalue weighted by Crippen LogP contribution is -2.14. The first-order valence-corrected chi connectivity index (χ1v) is 8.78. The second-order valence-electron chi connectivity index (χ2n) is 4.89. The molecule has 1 atom stereocenters. The SMILES string of the molecule is CS(=O)(=O)OCC(Cc1ccccc1Cl)c1ccccc1. The minimum Gasteiger partial charge on any atom is -0.270 e. The van der Waals surface area contributed by atoms with E-state index in [-0.39, 0.29) is 12.5 Å². The van der Waals surface area contributed by atoms with Crippen LogP contribution >= 0.6 is 11.6 Å². The van der Waals surface area contributed by atoms with Gasteiger partial charge in [-0.05, 0) is 23.6 Å². The van der Waals surface area contributed by atoms with E-state index >= 15 is 0 Å². The normalized spacial score (nSPS) is 13.0. The first-order chi connectivity index (χ1) is 9.96. The highest BCUT2D eigenvalue weighted by atomic mass is 35.5. The van der Waals surface area contributed by atoms with Crippen LogP contribution in [0.15, 0.2) is 54.6 Å². The van der Waals surface area contributed by atoms with Gasteiger partial charge in [0.05, 0.1) is 12.9 Å². The van der Waals surface area contributed by atoms with Gasteiger partial charge in [0.25, 0.3) is 10.1 Å². The third-order valence-corrected chi connectivity index (χ3v) is 4.11. The van der Waals surface area contributed by atoms with Crippen LogP contribution in [-0.2, 0) is 20.7 Å². The number of hydrogen-bond donors (Lipinski definition) is 0. The molecule has 5 heteroatoms. The predicted molar refractivity (Wildman–Crippen MR) is 85.1 cm³/mol. The molecular formula is C16H17ClO3S. The van der Waals surface area contributed by atoms with Crippen LogP contribution in [0.3, 0.4) is 0 Å². The molecule has 0 spiro atoms. The van der Waals surface area contributed by atoms with Crippen LogP contribution in [0.5, 0.6) is 0 Å². The van der Waals surface area contributed by atoms with Gasteiger partial charge in [0.15, 0.2) is 0 Å². The highest BCUT2D eigenvalue weighted by Gasteiger charge is 2.16. The van der Waals surface area contributed by atoms with Crippen LogP contribution in [0.2, 0.25) is 5.02 Å². The molecule has 0 aliphatic carbocycles. The lowest BCUT2D eigenvalue weighted by molar-refractivity contribution is 0.293. The maximum atomic E-state index is 11.2. The second-order valence-corrected chi connectivity index (χ2v) is 6.94. The zero-order valence-corrected chi connectivity index (χ0v) is 13.3. The van der Waals surface area contributed by atoms with Gasteiger partial charge in [-0.15, -0.1) is 0 Å². The van der Waals surface area contributed by atoms with Crippen LogP contribution in [0.4, 0.5) is 0 Å². The predicted octanol–water partition coefficient (Wildman–Crippen LogP) is 3.64. The fraction of sp³-hybridized carbons (Fsp3) is 0.250. The molecule has 0 amide bonds. The molecule has 0 N–H and O–H groups in total. The Balaban J connectivity index is 2.22. The maximum Gasteiger partial charge on any atom is 0.264 e. The summed E-state index contributed by atoms with van der Waals surface area (Å²) in [5.74, 6) is -0.0687. The Kier molecular flexibility index (Phi) is 5.39. The Morgan fingerprint density at radius 2 is 1.67 bits per heavy atom. The van der Waals surface area contributed by atoms with Gasteiger partial charge in [-0.1, -0.05) is 60.1 Å². The zero-order valence-electron chi connectivity index (χ0n) is 11.7. The van der Waals surface area contributed by atoms with Crippen molar-refractivity contribution in [2.24, 2.45) is 0 Å². The summed E-state index contributed by atoms with van der Waals surface area (Å²) >= 11 is 6.19. The third kappa shape index (κ3) is 5.16. The van der Waals surface area contributed by atoms with Crippen LogP contribution in [-0.4, -0.2) is 21.3 Å². The molecule has 0 heterocycles. The average Bonchev–Trinajstić information content (AvgIpc) is 2.45. The number of hydrogen-bond acceptors (Lipinski definition) is 3. The second kappa shape index (κ2) is 7.07. The van der Waals surface area contributed by atoms with E-state index in [9.17, 15) is 8.42 Å². The highest BCUT2D eigenvalue weighted by molar-refractivity contribution is 7.85. The van der Waals surface area contributed by atoms with Gasteiger partial charge in [0.2, 0.25) is 0 Å². The van der Waals surface area contributed by atoms with Crippen LogP contribution in [0, 0.1) is 0 Å². The lowest BCUT2D eigenvalue weighted by Gasteiger charge is -2.17. The van der Waals surface area contributed by atoms with E-state index in [0.717, 1.165) is 17.4 Å². The Hall–Kier alpha value is -1.36. The van der Waals surface area contributed by atoms with Gasteiger partial charge in [-0.25, -0.2) is 0 Å². The lowest BCUT2D eigenvalue weighted by atomic mass is 9.93. The molecule has 3 nitrogen and oxygen atoms in total. The first kappa shape index (κ1) is 16.0. The van der Waals surface area contributed by atoms with Gasteiger partial charge in [0.1, 0.15) is 0 Å². The molecule has 0 aromatic heterocycles. The summed E-state index contributed by atoms with van der Waals surface area (Å²) in [7, 11) is -3.46. The Morgan fingerprint density at radius 1 is 1.05 bits per heavy atom. The first-order valence-electron chi connectivity index (χ1n) is 6.58. The minimum absolute atomic E-state index is 0.0687. The van der Waals surface area contributed by atoms with E-state index in [2.05, 4.69) is 0 Å². The van der Waals surface area contributed by atoms with Crippen molar-refractivity contribution in [3.05, 3.63) is 70.7 Å². The summed E-state index contributed by atoms with van der Waals surface area (Å²) in [6.07, 6.45) is 1.68. The molecule has 21 heavy (non-hydrogen) atoms. The molecule has 0 aliphatic rings. The molecular weight excluding hydrogens is 308 g/mol. The smallest absolute Gasteiger partial charge is 0.264 e. The molecule has 2 aromatic carbocycles. The molecule has 0 radical (unpaired) electrons. The van der Waals surface area contributed by atoms with Gasteiger partial charge in [-0.2, -0.15) is 8.42 Å². The van der Waals surface area contributed by atoms with Gasteiger partial charge >= 0.3 is 0 Å². The summed E-state index contributed by atoms with van der Waals surface area (Å²) in [5, 5.41) is 0.679. The molecule has 0 aliphatic heterocycles. The molecule has 0 fully saturated rings. The Morgan fingerprint density at radius 3 is 2.29 bits per heavy atom. The van der Waals surface area contributed by atoms with E-state index in [1.165, 1.54) is 0 Å². The third-order valence-electron chi connectivity index (χ3n) is 3.18. The fourth-order valence-electron chi connectivity index (χ4n) is 2.13. The summed E-state index contributed by atoms with van der Waals surface area (Å²) in [4.78, 5) is 0. The van der Waals surface area contributed by atoms with Crippen molar-refractivity contribution in [1.29, 1.82) is 0 Å². The van der Waals surface area contributed by atoms with E-state index in [1.807, 2.05) is 54.6 Å². The quantitative estimate of drug-likeness (QED) is 0.762. The highest BCUT2D eigenvalue weighted by Crippen LogP contribution is 2.25. The van der Waals surface area contributed by atoms with Crippen LogP contribution in [0.1, 0.15) is 17.0 Å². The standard InChI is InChI=1S/C16H17ClO3S/c1-21(18,19)20-12-15(13-7-3-2-4-8-13)11-14-9-5-6-10-16(14)17/h2-10,15H,11-12H2,1H3. The Bertz CT molecular complexity index is 684. The molecule has 2 rings (SSSR count). The zero-order chi connectivity index (χ0) is 15.3. The van der Waals surface area contributed by atoms with E-state index < -0.39 is 10.1 Å². The molecule has 0 saturated carbocycles. The largest absolute Gasteiger partial charge is 0.270 e. The van der Waals surface area contributed by atoms with Crippen molar-refractivity contribution >= 4 is 21.7 Å². The van der Waals surface area contributed by atoms with E-state index in [0.29, 0.717) is 11.4 Å². The van der Waals surface area contributed by atoms with Crippen molar-refractivity contribution < 1.29 is 12.6 Å². The maximum absolute atomic E-state index is 11.2. The van der Waals surface area contributed by atoms with Crippen LogP contribution < -0.4 is 0 Å². The van der Waals surface area contributed by atoms with Gasteiger partial charge in [-0.3, -0.25) is 4.18 Å². The monoisotopic (exact) mass is 324 g/mol. The molecule has 2 aromatic rings. The van der Waals surface area contributed by atoms with Crippen molar-refractivity contribution in [2.75, 3.05) is 12.9 Å². The topological polar surface area (TPSA) is 43.4 Å². The number of rotatable bonds is 6. The number of halogens is 1.